The van der Waals surface area contributed by atoms with Crippen LogP contribution in [0.1, 0.15) is 18.1 Å². The molecule has 1 rings (SSSR count). The Bertz CT molecular complexity index is 452. The first-order valence-electron chi connectivity index (χ1n) is 5.41. The zero-order chi connectivity index (χ0) is 13.8. The Morgan fingerprint density at radius 1 is 1.33 bits per heavy atom. The van der Waals surface area contributed by atoms with Crippen LogP contribution in [0.15, 0.2) is 30.8 Å². The van der Waals surface area contributed by atoms with Gasteiger partial charge < -0.3 is 5.32 Å². The average Bonchev–Trinajstić information content (AvgIpc) is 2.28. The fourth-order valence-corrected chi connectivity index (χ4v) is 1.57. The van der Waals surface area contributed by atoms with Crippen LogP contribution in [0.5, 0.6) is 0 Å². The number of allylic oxidation sites excluding steroid dienone is 1. The van der Waals surface area contributed by atoms with E-state index in [1.807, 2.05) is 30.4 Å². The SMILES string of the molecule is C=C(C)c1ccccc1CCNC(=O)C(F)(F)F. The highest BCUT2D eigenvalue weighted by Gasteiger charge is 2.38. The summed E-state index contributed by atoms with van der Waals surface area (Å²) in [7, 11) is 0. The first kappa shape index (κ1) is 14.3. The molecule has 0 unspecified atom stereocenters. The lowest BCUT2D eigenvalue weighted by atomic mass is 10.00. The van der Waals surface area contributed by atoms with Crippen molar-refractivity contribution in [3.05, 3.63) is 42.0 Å². The first-order chi connectivity index (χ1) is 8.32. The van der Waals surface area contributed by atoms with Gasteiger partial charge in [0.15, 0.2) is 0 Å². The van der Waals surface area contributed by atoms with Gasteiger partial charge in [0.25, 0.3) is 0 Å². The third kappa shape index (κ3) is 3.91. The molecule has 0 heterocycles. The Morgan fingerprint density at radius 2 is 1.94 bits per heavy atom. The molecule has 0 bridgehead atoms. The predicted octanol–water partition coefficient (Wildman–Crippen LogP) is 2.94. The van der Waals surface area contributed by atoms with E-state index in [1.165, 1.54) is 0 Å². The Hall–Kier alpha value is -1.78. The number of alkyl halides is 3. The molecule has 0 saturated carbocycles. The number of amides is 1. The van der Waals surface area contributed by atoms with Gasteiger partial charge in [-0.15, -0.1) is 0 Å². The van der Waals surface area contributed by atoms with E-state index in [1.54, 1.807) is 6.07 Å². The van der Waals surface area contributed by atoms with Crippen molar-refractivity contribution >= 4 is 11.5 Å². The van der Waals surface area contributed by atoms with Crippen molar-refractivity contribution in [3.63, 3.8) is 0 Å². The van der Waals surface area contributed by atoms with Crippen LogP contribution in [-0.2, 0) is 11.2 Å². The van der Waals surface area contributed by atoms with E-state index in [9.17, 15) is 18.0 Å². The lowest BCUT2D eigenvalue weighted by Gasteiger charge is -2.11. The van der Waals surface area contributed by atoms with Gasteiger partial charge in [0.2, 0.25) is 0 Å². The fraction of sp³-hybridized carbons (Fsp3) is 0.308. The third-order valence-electron chi connectivity index (χ3n) is 2.41. The van der Waals surface area contributed by atoms with Crippen molar-refractivity contribution in [3.8, 4) is 0 Å². The predicted molar refractivity (Wildman–Crippen MR) is 63.9 cm³/mol. The maximum Gasteiger partial charge on any atom is 0.471 e. The quantitative estimate of drug-likeness (QED) is 0.882. The summed E-state index contributed by atoms with van der Waals surface area (Å²) in [4.78, 5) is 10.6. The monoisotopic (exact) mass is 257 g/mol. The first-order valence-corrected chi connectivity index (χ1v) is 5.41. The topological polar surface area (TPSA) is 29.1 Å². The van der Waals surface area contributed by atoms with Gasteiger partial charge in [-0.25, -0.2) is 0 Å². The van der Waals surface area contributed by atoms with E-state index >= 15 is 0 Å². The molecule has 0 fully saturated rings. The molecule has 0 aromatic heterocycles. The van der Waals surface area contributed by atoms with Crippen LogP contribution in [0.3, 0.4) is 0 Å². The molecule has 1 amide bonds. The zero-order valence-corrected chi connectivity index (χ0v) is 9.97. The van der Waals surface area contributed by atoms with Gasteiger partial charge in [-0.05, 0) is 24.5 Å². The van der Waals surface area contributed by atoms with E-state index in [0.29, 0.717) is 6.42 Å². The molecule has 2 nitrogen and oxygen atoms in total. The maximum atomic E-state index is 12.0. The number of hydrogen-bond acceptors (Lipinski definition) is 1. The van der Waals surface area contributed by atoms with Gasteiger partial charge in [0, 0.05) is 6.54 Å². The van der Waals surface area contributed by atoms with Crippen LogP contribution in [0.4, 0.5) is 13.2 Å². The van der Waals surface area contributed by atoms with Crippen LogP contribution in [0.2, 0.25) is 0 Å². The number of benzene rings is 1. The second-order valence-corrected chi connectivity index (χ2v) is 3.94. The summed E-state index contributed by atoms with van der Waals surface area (Å²) < 4.78 is 35.9. The molecule has 1 aromatic rings. The summed E-state index contributed by atoms with van der Waals surface area (Å²) in [5, 5.41) is 1.84. The minimum absolute atomic E-state index is 0.0529. The highest BCUT2D eigenvalue weighted by molar-refractivity contribution is 5.81. The number of halogens is 3. The summed E-state index contributed by atoms with van der Waals surface area (Å²) in [6.45, 7) is 5.57. The molecule has 0 aliphatic rings. The Morgan fingerprint density at radius 3 is 2.50 bits per heavy atom. The summed E-state index contributed by atoms with van der Waals surface area (Å²) in [6, 6.07) is 7.29. The van der Waals surface area contributed by atoms with Crippen molar-refractivity contribution in [2.45, 2.75) is 19.5 Å². The van der Waals surface area contributed by atoms with E-state index in [0.717, 1.165) is 16.7 Å². The number of nitrogens with one attached hydrogen (secondary N) is 1. The lowest BCUT2D eigenvalue weighted by Crippen LogP contribution is -2.37. The molecule has 0 aliphatic carbocycles. The standard InChI is InChI=1S/C13H14F3NO/c1-9(2)11-6-4-3-5-10(11)7-8-17-12(18)13(14,15)16/h3-6H,1,7-8H2,2H3,(H,17,18). The van der Waals surface area contributed by atoms with Crippen molar-refractivity contribution in [1.82, 2.24) is 5.32 Å². The van der Waals surface area contributed by atoms with E-state index < -0.39 is 12.1 Å². The van der Waals surface area contributed by atoms with Crippen LogP contribution in [0, 0.1) is 0 Å². The Labute approximate surface area is 104 Å². The van der Waals surface area contributed by atoms with Crippen molar-refractivity contribution in [2.75, 3.05) is 6.54 Å². The molecule has 0 saturated heterocycles. The molecular weight excluding hydrogens is 243 g/mol. The molecule has 0 aliphatic heterocycles. The second kappa shape index (κ2) is 5.71. The second-order valence-electron chi connectivity index (χ2n) is 3.94. The summed E-state index contributed by atoms with van der Waals surface area (Å²) in [5.74, 6) is -1.91. The van der Waals surface area contributed by atoms with Crippen molar-refractivity contribution in [1.29, 1.82) is 0 Å². The van der Waals surface area contributed by atoms with Gasteiger partial charge >= 0.3 is 12.1 Å². The Kier molecular flexibility index (Phi) is 4.53. The van der Waals surface area contributed by atoms with Gasteiger partial charge in [0.05, 0.1) is 0 Å². The molecule has 0 atom stereocenters. The van der Waals surface area contributed by atoms with Crippen LogP contribution >= 0.6 is 0 Å². The molecule has 1 N–H and O–H groups in total. The molecule has 5 heteroatoms. The summed E-state index contributed by atoms with van der Waals surface area (Å²) in [5.41, 5.74) is 2.61. The third-order valence-corrected chi connectivity index (χ3v) is 2.41. The summed E-state index contributed by atoms with van der Waals surface area (Å²) in [6.07, 6.45) is -4.49. The molecule has 98 valence electrons. The highest BCUT2D eigenvalue weighted by Crippen LogP contribution is 2.18. The van der Waals surface area contributed by atoms with Gasteiger partial charge in [-0.3, -0.25) is 4.79 Å². The summed E-state index contributed by atoms with van der Waals surface area (Å²) >= 11 is 0. The van der Waals surface area contributed by atoms with Crippen molar-refractivity contribution in [2.24, 2.45) is 0 Å². The molecule has 0 radical (unpaired) electrons. The number of hydrogen-bond donors (Lipinski definition) is 1. The minimum Gasteiger partial charge on any atom is -0.348 e. The largest absolute Gasteiger partial charge is 0.471 e. The van der Waals surface area contributed by atoms with Gasteiger partial charge in [-0.2, -0.15) is 13.2 Å². The molecule has 0 spiro atoms. The van der Waals surface area contributed by atoms with Gasteiger partial charge in [-0.1, -0.05) is 36.4 Å². The molecule has 1 aromatic carbocycles. The fourth-order valence-electron chi connectivity index (χ4n) is 1.57. The maximum absolute atomic E-state index is 12.0. The smallest absolute Gasteiger partial charge is 0.348 e. The minimum atomic E-state index is -4.83. The van der Waals surface area contributed by atoms with Crippen LogP contribution in [-0.4, -0.2) is 18.6 Å². The van der Waals surface area contributed by atoms with E-state index in [4.69, 9.17) is 0 Å². The van der Waals surface area contributed by atoms with Crippen LogP contribution < -0.4 is 5.32 Å². The van der Waals surface area contributed by atoms with Crippen LogP contribution in [0.25, 0.3) is 5.57 Å². The normalized spacial score (nSPS) is 11.1. The molecule has 18 heavy (non-hydrogen) atoms. The van der Waals surface area contributed by atoms with Gasteiger partial charge in [0.1, 0.15) is 0 Å². The highest BCUT2D eigenvalue weighted by atomic mass is 19.4. The molecular formula is C13H14F3NO. The van der Waals surface area contributed by atoms with E-state index in [2.05, 4.69) is 6.58 Å². The van der Waals surface area contributed by atoms with E-state index in [-0.39, 0.29) is 6.54 Å². The average molecular weight is 257 g/mol. The van der Waals surface area contributed by atoms with Crippen molar-refractivity contribution < 1.29 is 18.0 Å². The number of carbonyl (C=O) groups is 1. The lowest BCUT2D eigenvalue weighted by molar-refractivity contribution is -0.173. The Balaban J connectivity index is 2.60. The number of rotatable bonds is 4. The zero-order valence-electron chi connectivity index (χ0n) is 9.97. The number of carbonyl (C=O) groups excluding carboxylic acids is 1.